The smallest absolute Gasteiger partial charge is 0.211 e. The lowest BCUT2D eigenvalue weighted by Crippen LogP contribution is -2.21. The van der Waals surface area contributed by atoms with Gasteiger partial charge in [0.25, 0.3) is 0 Å². The molecular formula is C17H15BrN4O. The highest BCUT2D eigenvalue weighted by molar-refractivity contribution is 9.10. The van der Waals surface area contributed by atoms with E-state index in [0.29, 0.717) is 5.56 Å². The maximum atomic E-state index is 12.0. The maximum Gasteiger partial charge on any atom is 0.211 e. The zero-order valence-corrected chi connectivity index (χ0v) is 13.8. The van der Waals surface area contributed by atoms with Crippen molar-refractivity contribution in [3.8, 4) is 0 Å². The number of carbonyl (C=O) groups excluding carboxylic acids is 1. The number of ketones is 1. The zero-order chi connectivity index (χ0) is 16.7. The molecule has 0 aliphatic rings. The van der Waals surface area contributed by atoms with Crippen LogP contribution in [0.2, 0.25) is 0 Å². The molecule has 23 heavy (non-hydrogen) atoms. The van der Waals surface area contributed by atoms with Crippen molar-refractivity contribution in [2.75, 3.05) is 0 Å². The molecule has 2 aromatic rings. The molecule has 0 aliphatic heterocycles. The van der Waals surface area contributed by atoms with Gasteiger partial charge in [-0.1, -0.05) is 46.3 Å². The molecule has 0 fully saturated rings. The predicted molar refractivity (Wildman–Crippen MR) is 97.4 cm³/mol. The van der Waals surface area contributed by atoms with Crippen molar-refractivity contribution in [3.63, 3.8) is 0 Å². The van der Waals surface area contributed by atoms with Crippen molar-refractivity contribution in [2.24, 2.45) is 21.7 Å². The van der Waals surface area contributed by atoms with Crippen LogP contribution in [0.1, 0.15) is 21.5 Å². The molecule has 5 nitrogen and oxygen atoms in total. The third-order valence-corrected chi connectivity index (χ3v) is 3.40. The van der Waals surface area contributed by atoms with E-state index >= 15 is 0 Å². The van der Waals surface area contributed by atoms with E-state index in [2.05, 4.69) is 26.1 Å². The molecule has 0 saturated heterocycles. The number of halogens is 1. The minimum absolute atomic E-state index is 0.0455. The Hall–Kier alpha value is -2.73. The highest BCUT2D eigenvalue weighted by atomic mass is 79.9. The first-order valence-electron chi connectivity index (χ1n) is 6.74. The Bertz CT molecular complexity index is 758. The largest absolute Gasteiger partial charge is 0.369 e. The second kappa shape index (κ2) is 8.05. The van der Waals surface area contributed by atoms with E-state index in [0.717, 1.165) is 15.6 Å². The molecule has 0 aliphatic carbocycles. The van der Waals surface area contributed by atoms with Gasteiger partial charge in [-0.3, -0.25) is 4.79 Å². The summed E-state index contributed by atoms with van der Waals surface area (Å²) in [5.41, 5.74) is 12.8. The van der Waals surface area contributed by atoms with Crippen LogP contribution in [0, 0.1) is 0 Å². The van der Waals surface area contributed by atoms with Gasteiger partial charge in [0.05, 0.1) is 6.21 Å². The number of nitrogens with two attached hydrogens (primary N) is 2. The SMILES string of the molecule is NC(N)=N/N=C/c1ccc(/C=C/C(=O)c2ccc(Br)cc2)cc1. The Labute approximate surface area is 142 Å². The molecule has 0 radical (unpaired) electrons. The molecule has 0 heterocycles. The van der Waals surface area contributed by atoms with Crippen LogP contribution in [0.4, 0.5) is 0 Å². The van der Waals surface area contributed by atoms with Crippen LogP contribution in [0.3, 0.4) is 0 Å². The molecule has 0 bridgehead atoms. The van der Waals surface area contributed by atoms with Crippen LogP contribution in [0.5, 0.6) is 0 Å². The predicted octanol–water partition coefficient (Wildman–Crippen LogP) is 2.95. The van der Waals surface area contributed by atoms with Gasteiger partial charge in [0, 0.05) is 10.0 Å². The van der Waals surface area contributed by atoms with Gasteiger partial charge < -0.3 is 11.5 Å². The molecule has 2 aromatic carbocycles. The second-order valence-corrected chi connectivity index (χ2v) is 5.56. The summed E-state index contributed by atoms with van der Waals surface area (Å²) in [5.74, 6) is -0.136. The maximum absolute atomic E-state index is 12.0. The molecule has 0 saturated carbocycles. The van der Waals surface area contributed by atoms with E-state index in [1.165, 1.54) is 0 Å². The lowest BCUT2D eigenvalue weighted by molar-refractivity contribution is 0.104. The number of hydrogen-bond donors (Lipinski definition) is 2. The molecule has 0 atom stereocenters. The number of rotatable bonds is 5. The molecule has 0 amide bonds. The van der Waals surface area contributed by atoms with Crippen LogP contribution in [-0.4, -0.2) is 18.0 Å². The summed E-state index contributed by atoms with van der Waals surface area (Å²) in [7, 11) is 0. The third kappa shape index (κ3) is 5.52. The average molecular weight is 371 g/mol. The minimum Gasteiger partial charge on any atom is -0.369 e. The van der Waals surface area contributed by atoms with Crippen LogP contribution >= 0.6 is 15.9 Å². The Morgan fingerprint density at radius 1 is 0.957 bits per heavy atom. The van der Waals surface area contributed by atoms with E-state index in [9.17, 15) is 4.79 Å². The van der Waals surface area contributed by atoms with Crippen LogP contribution in [0.15, 0.2) is 69.3 Å². The molecule has 0 unspecified atom stereocenters. The molecule has 0 aromatic heterocycles. The number of nitrogens with zero attached hydrogens (tertiary/aromatic N) is 2. The molecule has 116 valence electrons. The summed E-state index contributed by atoms with van der Waals surface area (Å²) in [4.78, 5) is 12.0. The summed E-state index contributed by atoms with van der Waals surface area (Å²) in [5, 5.41) is 7.25. The summed E-state index contributed by atoms with van der Waals surface area (Å²) in [6, 6.07) is 14.7. The van der Waals surface area contributed by atoms with Crippen molar-refractivity contribution in [2.45, 2.75) is 0 Å². The van der Waals surface area contributed by atoms with E-state index in [1.54, 1.807) is 30.5 Å². The van der Waals surface area contributed by atoms with Gasteiger partial charge in [0.1, 0.15) is 0 Å². The summed E-state index contributed by atoms with van der Waals surface area (Å²) in [6.07, 6.45) is 4.85. The van der Waals surface area contributed by atoms with Crippen molar-refractivity contribution < 1.29 is 4.79 Å². The topological polar surface area (TPSA) is 93.8 Å². The molecule has 0 spiro atoms. The Morgan fingerprint density at radius 3 is 2.17 bits per heavy atom. The third-order valence-electron chi connectivity index (χ3n) is 2.87. The van der Waals surface area contributed by atoms with Crippen molar-refractivity contribution in [1.29, 1.82) is 0 Å². The van der Waals surface area contributed by atoms with Crippen molar-refractivity contribution in [1.82, 2.24) is 0 Å². The summed E-state index contributed by atoms with van der Waals surface area (Å²) >= 11 is 3.34. The monoisotopic (exact) mass is 370 g/mol. The van der Waals surface area contributed by atoms with E-state index in [1.807, 2.05) is 36.4 Å². The normalized spacial score (nSPS) is 11.0. The first-order chi connectivity index (χ1) is 11.0. The van der Waals surface area contributed by atoms with Crippen molar-refractivity contribution >= 4 is 40.0 Å². The van der Waals surface area contributed by atoms with Gasteiger partial charge in [-0.15, -0.1) is 5.10 Å². The van der Waals surface area contributed by atoms with Gasteiger partial charge in [-0.2, -0.15) is 5.10 Å². The lowest BCUT2D eigenvalue weighted by Gasteiger charge is -1.97. The van der Waals surface area contributed by atoms with Gasteiger partial charge in [-0.05, 0) is 41.5 Å². The van der Waals surface area contributed by atoms with E-state index in [-0.39, 0.29) is 11.7 Å². The molecule has 6 heteroatoms. The quantitative estimate of drug-likeness (QED) is 0.278. The highest BCUT2D eigenvalue weighted by Crippen LogP contribution is 2.12. The average Bonchev–Trinajstić information content (AvgIpc) is 2.54. The van der Waals surface area contributed by atoms with Gasteiger partial charge >= 0.3 is 0 Å². The first kappa shape index (κ1) is 16.6. The fourth-order valence-corrected chi connectivity index (χ4v) is 2.00. The fraction of sp³-hybridized carbons (Fsp3) is 0. The van der Waals surface area contributed by atoms with Crippen molar-refractivity contribution in [3.05, 3.63) is 75.8 Å². The number of allylic oxidation sites excluding steroid dienone is 1. The van der Waals surface area contributed by atoms with Gasteiger partial charge in [0.2, 0.25) is 5.96 Å². The number of guanidine groups is 1. The zero-order valence-electron chi connectivity index (χ0n) is 12.2. The Balaban J connectivity index is 2.02. The second-order valence-electron chi connectivity index (χ2n) is 4.64. The van der Waals surface area contributed by atoms with E-state index in [4.69, 9.17) is 11.5 Å². The molecular weight excluding hydrogens is 356 g/mol. The minimum atomic E-state index is -0.0905. The molecule has 4 N–H and O–H groups in total. The van der Waals surface area contributed by atoms with Crippen LogP contribution < -0.4 is 11.5 Å². The summed E-state index contributed by atoms with van der Waals surface area (Å²) in [6.45, 7) is 0. The van der Waals surface area contributed by atoms with Gasteiger partial charge in [0.15, 0.2) is 5.78 Å². The number of hydrogen-bond acceptors (Lipinski definition) is 3. The standard InChI is InChI=1S/C17H15BrN4O/c18-15-8-6-14(7-9-15)16(23)10-5-12-1-3-13(4-2-12)11-21-22-17(19)20/h1-11H,(H4,19,20,22)/b10-5+,21-11+. The van der Waals surface area contributed by atoms with Gasteiger partial charge in [-0.25, -0.2) is 0 Å². The van der Waals surface area contributed by atoms with Crippen LogP contribution in [-0.2, 0) is 0 Å². The van der Waals surface area contributed by atoms with Crippen LogP contribution in [0.25, 0.3) is 6.08 Å². The fourth-order valence-electron chi connectivity index (χ4n) is 1.74. The molecule has 2 rings (SSSR count). The number of carbonyl (C=O) groups is 1. The lowest BCUT2D eigenvalue weighted by atomic mass is 10.1. The summed E-state index contributed by atoms with van der Waals surface area (Å²) < 4.78 is 0.941. The first-order valence-corrected chi connectivity index (χ1v) is 7.54. The highest BCUT2D eigenvalue weighted by Gasteiger charge is 2.00. The number of benzene rings is 2. The Kier molecular flexibility index (Phi) is 5.82. The van der Waals surface area contributed by atoms with E-state index < -0.39 is 0 Å². The Morgan fingerprint density at radius 2 is 1.57 bits per heavy atom.